The molecule has 1 fully saturated rings. The third-order valence-electron chi connectivity index (χ3n) is 3.91. The fraction of sp³-hybridized carbons (Fsp3) is 0.400. The molecule has 1 atom stereocenters. The van der Waals surface area contributed by atoms with E-state index in [1.54, 1.807) is 0 Å². The molecule has 2 amide bonds. The maximum Gasteiger partial charge on any atom is 0.410 e. The van der Waals surface area contributed by atoms with Gasteiger partial charge in [0.15, 0.2) is 5.13 Å². The quantitative estimate of drug-likeness (QED) is 0.934. The first-order valence-electron chi connectivity index (χ1n) is 7.33. The molecule has 3 rings (SSSR count). The molecule has 1 aliphatic rings. The average molecular weight is 334 g/mol. The molecule has 122 valence electrons. The summed E-state index contributed by atoms with van der Waals surface area (Å²) in [5.74, 6) is -0.222. The number of carbonyl (C=O) groups is 2. The van der Waals surface area contributed by atoms with Crippen LogP contribution in [0.15, 0.2) is 23.7 Å². The van der Waals surface area contributed by atoms with Crippen molar-refractivity contribution >= 4 is 28.5 Å². The number of methoxy groups -OCH3 is 1. The summed E-state index contributed by atoms with van der Waals surface area (Å²) < 4.78 is 6.69. The van der Waals surface area contributed by atoms with Gasteiger partial charge in [-0.25, -0.2) is 9.78 Å². The van der Waals surface area contributed by atoms with Gasteiger partial charge in [0.25, 0.3) is 0 Å². The Hall–Kier alpha value is -2.35. The minimum Gasteiger partial charge on any atom is -0.453 e. The first-order valence-corrected chi connectivity index (χ1v) is 8.21. The van der Waals surface area contributed by atoms with Gasteiger partial charge in [0, 0.05) is 25.2 Å². The van der Waals surface area contributed by atoms with E-state index in [-0.39, 0.29) is 5.91 Å². The lowest BCUT2D eigenvalue weighted by atomic mass is 10.2. The number of aryl methyl sites for hydroxylation is 1. The zero-order chi connectivity index (χ0) is 16.4. The fourth-order valence-electron chi connectivity index (χ4n) is 2.74. The number of amides is 2. The molecule has 3 heterocycles. The summed E-state index contributed by atoms with van der Waals surface area (Å²) in [7, 11) is 3.27. The number of carbonyl (C=O) groups excluding carboxylic acids is 2. The average Bonchev–Trinajstić information content (AvgIpc) is 3.25. The van der Waals surface area contributed by atoms with E-state index in [9.17, 15) is 9.59 Å². The van der Waals surface area contributed by atoms with Crippen molar-refractivity contribution in [3.63, 3.8) is 0 Å². The first kappa shape index (κ1) is 15.5. The maximum atomic E-state index is 12.4. The van der Waals surface area contributed by atoms with Crippen LogP contribution in [-0.2, 0) is 16.6 Å². The van der Waals surface area contributed by atoms with Gasteiger partial charge >= 0.3 is 6.09 Å². The SMILES string of the molecule is COC(=O)N1CCC[C@H]1C(=O)Nc1nc(-c2cccn2C)cs1. The van der Waals surface area contributed by atoms with Gasteiger partial charge in [-0.2, -0.15) is 0 Å². The van der Waals surface area contributed by atoms with E-state index in [1.165, 1.54) is 23.3 Å². The van der Waals surface area contributed by atoms with Gasteiger partial charge in [-0.1, -0.05) is 0 Å². The van der Waals surface area contributed by atoms with Gasteiger partial charge in [0.1, 0.15) is 6.04 Å². The van der Waals surface area contributed by atoms with Gasteiger partial charge in [0.05, 0.1) is 18.5 Å². The van der Waals surface area contributed by atoms with E-state index >= 15 is 0 Å². The Balaban J connectivity index is 1.70. The molecule has 1 aliphatic heterocycles. The number of ether oxygens (including phenoxy) is 1. The van der Waals surface area contributed by atoms with Gasteiger partial charge in [-0.05, 0) is 25.0 Å². The molecular weight excluding hydrogens is 316 g/mol. The fourth-order valence-corrected chi connectivity index (χ4v) is 3.45. The topological polar surface area (TPSA) is 76.5 Å². The highest BCUT2D eigenvalue weighted by atomic mass is 32.1. The van der Waals surface area contributed by atoms with Crippen LogP contribution in [0.5, 0.6) is 0 Å². The van der Waals surface area contributed by atoms with Gasteiger partial charge in [-0.15, -0.1) is 11.3 Å². The Morgan fingerprint density at radius 1 is 1.48 bits per heavy atom. The molecule has 0 spiro atoms. The highest BCUT2D eigenvalue weighted by molar-refractivity contribution is 7.14. The lowest BCUT2D eigenvalue weighted by Crippen LogP contribution is -2.43. The van der Waals surface area contributed by atoms with E-state index in [0.29, 0.717) is 18.1 Å². The monoisotopic (exact) mass is 334 g/mol. The van der Waals surface area contributed by atoms with Crippen LogP contribution in [0, 0.1) is 0 Å². The van der Waals surface area contributed by atoms with E-state index < -0.39 is 12.1 Å². The lowest BCUT2D eigenvalue weighted by Gasteiger charge is -2.21. The van der Waals surface area contributed by atoms with Gasteiger partial charge in [-0.3, -0.25) is 9.69 Å². The summed E-state index contributed by atoms with van der Waals surface area (Å²) in [6.45, 7) is 0.539. The molecule has 0 saturated carbocycles. The number of nitrogens with one attached hydrogen (secondary N) is 1. The second kappa shape index (κ2) is 6.41. The smallest absolute Gasteiger partial charge is 0.410 e. The Kier molecular flexibility index (Phi) is 4.33. The van der Waals surface area contributed by atoms with Crippen LogP contribution in [0.3, 0.4) is 0 Å². The third-order valence-corrected chi connectivity index (χ3v) is 4.66. The molecular formula is C15H18N4O3S. The van der Waals surface area contributed by atoms with Crippen molar-refractivity contribution in [1.82, 2.24) is 14.5 Å². The minimum absolute atomic E-state index is 0.222. The molecule has 0 bridgehead atoms. The maximum absolute atomic E-state index is 12.4. The number of rotatable bonds is 3. The van der Waals surface area contributed by atoms with Crippen molar-refractivity contribution in [3.8, 4) is 11.4 Å². The molecule has 2 aromatic heterocycles. The van der Waals surface area contributed by atoms with E-state index in [0.717, 1.165) is 17.8 Å². The minimum atomic E-state index is -0.496. The Morgan fingerprint density at radius 3 is 3.00 bits per heavy atom. The zero-order valence-electron chi connectivity index (χ0n) is 13.0. The Morgan fingerprint density at radius 2 is 2.30 bits per heavy atom. The summed E-state index contributed by atoms with van der Waals surface area (Å²) >= 11 is 1.37. The summed E-state index contributed by atoms with van der Waals surface area (Å²) in [5, 5.41) is 5.24. The van der Waals surface area contributed by atoms with Crippen LogP contribution in [-0.4, -0.2) is 46.1 Å². The zero-order valence-corrected chi connectivity index (χ0v) is 13.8. The second-order valence-corrected chi connectivity index (χ2v) is 6.21. The van der Waals surface area contributed by atoms with Crippen LogP contribution in [0.4, 0.5) is 9.93 Å². The van der Waals surface area contributed by atoms with Crippen molar-refractivity contribution < 1.29 is 14.3 Å². The summed E-state index contributed by atoms with van der Waals surface area (Å²) in [6, 6.07) is 3.42. The van der Waals surface area contributed by atoms with Crippen molar-refractivity contribution in [1.29, 1.82) is 0 Å². The van der Waals surface area contributed by atoms with Crippen molar-refractivity contribution in [2.45, 2.75) is 18.9 Å². The van der Waals surface area contributed by atoms with Crippen molar-refractivity contribution in [2.24, 2.45) is 7.05 Å². The Labute approximate surface area is 137 Å². The third kappa shape index (κ3) is 3.07. The van der Waals surface area contributed by atoms with Gasteiger partial charge < -0.3 is 14.6 Å². The molecule has 1 N–H and O–H groups in total. The lowest BCUT2D eigenvalue weighted by molar-refractivity contribution is -0.119. The van der Waals surface area contributed by atoms with Crippen LogP contribution in [0.1, 0.15) is 12.8 Å². The summed E-state index contributed by atoms with van der Waals surface area (Å²) in [4.78, 5) is 30.0. The van der Waals surface area contributed by atoms with Crippen LogP contribution in [0.2, 0.25) is 0 Å². The Bertz CT molecular complexity index is 724. The first-order chi connectivity index (χ1) is 11.1. The highest BCUT2D eigenvalue weighted by Gasteiger charge is 2.35. The van der Waals surface area contributed by atoms with Crippen molar-refractivity contribution in [3.05, 3.63) is 23.7 Å². The molecule has 2 aromatic rings. The second-order valence-electron chi connectivity index (χ2n) is 5.35. The molecule has 0 radical (unpaired) electrons. The van der Waals surface area contributed by atoms with E-state index in [2.05, 4.69) is 10.3 Å². The number of likely N-dealkylation sites (tertiary alicyclic amines) is 1. The largest absolute Gasteiger partial charge is 0.453 e. The molecule has 0 aromatic carbocycles. The molecule has 0 unspecified atom stereocenters. The molecule has 7 nitrogen and oxygen atoms in total. The number of anilines is 1. The molecule has 8 heteroatoms. The number of aromatic nitrogens is 2. The normalized spacial score (nSPS) is 17.3. The highest BCUT2D eigenvalue weighted by Crippen LogP contribution is 2.26. The van der Waals surface area contributed by atoms with Gasteiger partial charge in [0.2, 0.25) is 5.91 Å². The predicted molar refractivity (Wildman–Crippen MR) is 87.3 cm³/mol. The number of hydrogen-bond donors (Lipinski definition) is 1. The molecule has 0 aliphatic carbocycles. The van der Waals surface area contributed by atoms with E-state index in [4.69, 9.17) is 4.74 Å². The summed E-state index contributed by atoms with van der Waals surface area (Å²) in [6.07, 6.45) is 2.90. The molecule has 23 heavy (non-hydrogen) atoms. The van der Waals surface area contributed by atoms with Crippen LogP contribution >= 0.6 is 11.3 Å². The molecule has 1 saturated heterocycles. The predicted octanol–water partition coefficient (Wildman–Crippen LogP) is 2.32. The number of nitrogens with zero attached hydrogens (tertiary/aromatic N) is 3. The summed E-state index contributed by atoms with van der Waals surface area (Å²) in [5.41, 5.74) is 1.80. The number of thiazole rings is 1. The van der Waals surface area contributed by atoms with E-state index in [1.807, 2.05) is 35.3 Å². The van der Waals surface area contributed by atoms with Crippen LogP contribution in [0.25, 0.3) is 11.4 Å². The van der Waals surface area contributed by atoms with Crippen molar-refractivity contribution in [2.75, 3.05) is 19.0 Å². The standard InChI is InChI=1S/C15H18N4O3S/c1-18-7-3-5-11(18)10-9-23-14(16-10)17-13(20)12-6-4-8-19(12)15(21)22-2/h3,5,7,9,12H,4,6,8H2,1-2H3,(H,16,17,20)/t12-/m0/s1. The van der Waals surface area contributed by atoms with Crippen LogP contribution < -0.4 is 5.32 Å². The number of hydrogen-bond acceptors (Lipinski definition) is 5.